The van der Waals surface area contributed by atoms with Gasteiger partial charge < -0.3 is 5.73 Å². The fourth-order valence-electron chi connectivity index (χ4n) is 1.31. The smallest absolute Gasteiger partial charge is 0.198 e. The van der Waals surface area contributed by atoms with Crippen LogP contribution in [0, 0.1) is 0 Å². The van der Waals surface area contributed by atoms with E-state index >= 15 is 0 Å². The average Bonchev–Trinajstić information content (AvgIpc) is 2.29. The number of nitrogens with two attached hydrogens (primary N) is 1. The molecule has 1 aromatic carbocycles. The van der Waals surface area contributed by atoms with Crippen molar-refractivity contribution >= 4 is 23.1 Å². The molecule has 4 nitrogen and oxygen atoms in total. The third-order valence-corrected chi connectivity index (χ3v) is 2.32. The highest BCUT2D eigenvalue weighted by Gasteiger charge is 2.12. The first kappa shape index (κ1) is 10.6. The van der Waals surface area contributed by atoms with E-state index in [-0.39, 0.29) is 5.78 Å². The summed E-state index contributed by atoms with van der Waals surface area (Å²) in [7, 11) is 0. The number of hydrogen-bond acceptors (Lipinski definition) is 4. The number of nitrogen functional groups attached to an aromatic ring is 1. The second-order valence-electron chi connectivity index (χ2n) is 3.19. The topological polar surface area (TPSA) is 68.9 Å². The van der Waals surface area contributed by atoms with Gasteiger partial charge in [-0.1, -0.05) is 11.6 Å². The van der Waals surface area contributed by atoms with E-state index in [0.29, 0.717) is 21.8 Å². The molecule has 0 aliphatic rings. The molecule has 0 aliphatic carbocycles. The molecule has 0 bridgehead atoms. The molecule has 0 radical (unpaired) electrons. The first-order valence-electron chi connectivity index (χ1n) is 4.53. The molecule has 2 N–H and O–H groups in total. The highest BCUT2D eigenvalue weighted by molar-refractivity contribution is 6.31. The van der Waals surface area contributed by atoms with Gasteiger partial charge in [0.1, 0.15) is 6.33 Å². The summed E-state index contributed by atoms with van der Waals surface area (Å²) in [6.45, 7) is 0. The molecule has 2 rings (SSSR count). The van der Waals surface area contributed by atoms with Crippen LogP contribution < -0.4 is 5.73 Å². The molecule has 2 aromatic rings. The summed E-state index contributed by atoms with van der Waals surface area (Å²) in [6.07, 6.45) is 4.26. The number of nitrogens with zero attached hydrogens (tertiary/aromatic N) is 2. The molecule has 5 heteroatoms. The number of benzene rings is 1. The lowest BCUT2D eigenvalue weighted by Gasteiger charge is -2.04. The minimum Gasteiger partial charge on any atom is -0.398 e. The van der Waals surface area contributed by atoms with Crippen LogP contribution in [0.15, 0.2) is 36.9 Å². The Hall–Kier alpha value is -1.94. The Labute approximate surface area is 97.1 Å². The van der Waals surface area contributed by atoms with Gasteiger partial charge in [0.25, 0.3) is 0 Å². The lowest BCUT2D eigenvalue weighted by atomic mass is 10.0. The van der Waals surface area contributed by atoms with Gasteiger partial charge in [-0.15, -0.1) is 0 Å². The molecule has 16 heavy (non-hydrogen) atoms. The second-order valence-corrected chi connectivity index (χ2v) is 3.62. The Morgan fingerprint density at radius 1 is 1.25 bits per heavy atom. The van der Waals surface area contributed by atoms with Gasteiger partial charge in [-0.25, -0.2) is 9.97 Å². The molecular formula is C11H8ClN3O. The Kier molecular flexibility index (Phi) is 2.83. The molecule has 1 aromatic heterocycles. The fourth-order valence-corrected chi connectivity index (χ4v) is 1.49. The van der Waals surface area contributed by atoms with E-state index in [0.717, 1.165) is 0 Å². The second kappa shape index (κ2) is 4.28. The van der Waals surface area contributed by atoms with Crippen molar-refractivity contribution in [2.75, 3.05) is 5.73 Å². The Morgan fingerprint density at radius 3 is 2.56 bits per heavy atom. The molecule has 0 amide bonds. The number of carbonyl (C=O) groups excluding carboxylic acids is 1. The first-order chi connectivity index (χ1) is 7.68. The molecule has 0 unspecified atom stereocenters. The van der Waals surface area contributed by atoms with E-state index in [1.165, 1.54) is 18.7 Å². The predicted octanol–water partition coefficient (Wildman–Crippen LogP) is 1.94. The van der Waals surface area contributed by atoms with Crippen molar-refractivity contribution < 1.29 is 4.79 Å². The quantitative estimate of drug-likeness (QED) is 0.636. The highest BCUT2D eigenvalue weighted by atomic mass is 35.5. The van der Waals surface area contributed by atoms with Crippen LogP contribution in [0.25, 0.3) is 0 Å². The number of rotatable bonds is 2. The summed E-state index contributed by atoms with van der Waals surface area (Å²) in [4.78, 5) is 19.5. The third kappa shape index (κ3) is 2.01. The van der Waals surface area contributed by atoms with Crippen LogP contribution >= 0.6 is 11.6 Å². The summed E-state index contributed by atoms with van der Waals surface area (Å²) in [5.41, 5.74) is 6.86. The molecule has 0 saturated heterocycles. The van der Waals surface area contributed by atoms with Crippen molar-refractivity contribution in [3.05, 3.63) is 53.1 Å². The van der Waals surface area contributed by atoms with Crippen LogP contribution in [-0.4, -0.2) is 15.8 Å². The molecule has 0 aliphatic heterocycles. The van der Waals surface area contributed by atoms with E-state index in [9.17, 15) is 4.79 Å². The Morgan fingerprint density at radius 2 is 1.94 bits per heavy atom. The lowest BCUT2D eigenvalue weighted by Crippen LogP contribution is -2.06. The zero-order valence-corrected chi connectivity index (χ0v) is 8.98. The van der Waals surface area contributed by atoms with E-state index in [1.54, 1.807) is 18.2 Å². The predicted molar refractivity (Wildman–Crippen MR) is 61.3 cm³/mol. The van der Waals surface area contributed by atoms with Gasteiger partial charge in [-0.05, 0) is 18.2 Å². The Balaban J connectivity index is 2.42. The van der Waals surface area contributed by atoms with Crippen LogP contribution in [-0.2, 0) is 0 Å². The normalized spacial score (nSPS) is 10.1. The van der Waals surface area contributed by atoms with Crippen LogP contribution in [0.5, 0.6) is 0 Å². The molecule has 0 spiro atoms. The van der Waals surface area contributed by atoms with Gasteiger partial charge in [0.2, 0.25) is 0 Å². The first-order valence-corrected chi connectivity index (χ1v) is 4.91. The summed E-state index contributed by atoms with van der Waals surface area (Å²) in [6, 6.07) is 4.75. The zero-order chi connectivity index (χ0) is 11.5. The maximum absolute atomic E-state index is 12.0. The minimum absolute atomic E-state index is 0.213. The molecule has 0 fully saturated rings. The number of carbonyl (C=O) groups is 1. The lowest BCUT2D eigenvalue weighted by molar-refractivity contribution is 0.103. The highest BCUT2D eigenvalue weighted by Crippen LogP contribution is 2.20. The SMILES string of the molecule is Nc1cc(Cl)ccc1C(=O)c1cncnc1. The van der Waals surface area contributed by atoms with E-state index in [2.05, 4.69) is 9.97 Å². The fraction of sp³-hybridized carbons (Fsp3) is 0. The number of anilines is 1. The van der Waals surface area contributed by atoms with Crippen molar-refractivity contribution in [2.24, 2.45) is 0 Å². The summed E-state index contributed by atoms with van der Waals surface area (Å²) in [5.74, 6) is -0.213. The minimum atomic E-state index is -0.213. The van der Waals surface area contributed by atoms with Crippen molar-refractivity contribution in [1.82, 2.24) is 9.97 Å². The van der Waals surface area contributed by atoms with Crippen molar-refractivity contribution in [3.63, 3.8) is 0 Å². The maximum Gasteiger partial charge on any atom is 0.198 e. The maximum atomic E-state index is 12.0. The monoisotopic (exact) mass is 233 g/mol. The third-order valence-electron chi connectivity index (χ3n) is 2.08. The summed E-state index contributed by atoms with van der Waals surface area (Å²) in [5, 5.41) is 0.498. The van der Waals surface area contributed by atoms with Gasteiger partial charge >= 0.3 is 0 Å². The van der Waals surface area contributed by atoms with Gasteiger partial charge in [0.15, 0.2) is 5.78 Å². The number of hydrogen-bond donors (Lipinski definition) is 1. The number of ketones is 1. The average molecular weight is 234 g/mol. The molecule has 0 saturated carbocycles. The summed E-state index contributed by atoms with van der Waals surface area (Å²) >= 11 is 5.75. The number of aromatic nitrogens is 2. The van der Waals surface area contributed by atoms with Crippen LogP contribution in [0.4, 0.5) is 5.69 Å². The molecule has 1 heterocycles. The van der Waals surface area contributed by atoms with E-state index in [4.69, 9.17) is 17.3 Å². The Bertz CT molecular complexity index is 528. The molecular weight excluding hydrogens is 226 g/mol. The molecule has 80 valence electrons. The largest absolute Gasteiger partial charge is 0.398 e. The van der Waals surface area contributed by atoms with Crippen LogP contribution in [0.3, 0.4) is 0 Å². The summed E-state index contributed by atoms with van der Waals surface area (Å²) < 4.78 is 0. The van der Waals surface area contributed by atoms with E-state index in [1.807, 2.05) is 0 Å². The van der Waals surface area contributed by atoms with E-state index < -0.39 is 0 Å². The van der Waals surface area contributed by atoms with Crippen molar-refractivity contribution in [3.8, 4) is 0 Å². The van der Waals surface area contributed by atoms with Gasteiger partial charge in [0, 0.05) is 28.7 Å². The molecule has 0 atom stereocenters. The van der Waals surface area contributed by atoms with Crippen LogP contribution in [0.1, 0.15) is 15.9 Å². The van der Waals surface area contributed by atoms with Gasteiger partial charge in [-0.2, -0.15) is 0 Å². The standard InChI is InChI=1S/C11H8ClN3O/c12-8-1-2-9(10(13)3-8)11(16)7-4-14-6-15-5-7/h1-6H,13H2. The van der Waals surface area contributed by atoms with Crippen LogP contribution in [0.2, 0.25) is 5.02 Å². The van der Waals surface area contributed by atoms with Crippen molar-refractivity contribution in [1.29, 1.82) is 0 Å². The van der Waals surface area contributed by atoms with Gasteiger partial charge in [0.05, 0.1) is 5.56 Å². The number of halogens is 1. The van der Waals surface area contributed by atoms with Crippen molar-refractivity contribution in [2.45, 2.75) is 0 Å². The zero-order valence-electron chi connectivity index (χ0n) is 8.22. The van der Waals surface area contributed by atoms with Gasteiger partial charge in [-0.3, -0.25) is 4.79 Å².